The van der Waals surface area contributed by atoms with Crippen LogP contribution < -0.4 is 5.56 Å². The highest BCUT2D eigenvalue weighted by atomic mass is 32.2. The smallest absolute Gasteiger partial charge is 0.299 e. The van der Waals surface area contributed by atoms with E-state index >= 15 is 0 Å². The SMILES string of the molecule is CC(N1CCCCC1)S(=O)c1nc(C(F)(F)F)cc(=O)[nH]1. The maximum Gasteiger partial charge on any atom is 0.433 e. The molecule has 0 spiro atoms. The predicted molar refractivity (Wildman–Crippen MR) is 71.2 cm³/mol. The van der Waals surface area contributed by atoms with Crippen molar-refractivity contribution in [1.82, 2.24) is 14.9 Å². The highest BCUT2D eigenvalue weighted by Gasteiger charge is 2.34. The minimum atomic E-state index is -4.73. The van der Waals surface area contributed by atoms with Crippen LogP contribution in [0, 0.1) is 0 Å². The van der Waals surface area contributed by atoms with Gasteiger partial charge in [-0.2, -0.15) is 13.2 Å². The number of halogens is 3. The van der Waals surface area contributed by atoms with Crippen LogP contribution >= 0.6 is 0 Å². The summed E-state index contributed by atoms with van der Waals surface area (Å²) in [6.45, 7) is 3.16. The Hall–Kier alpha value is -1.22. The summed E-state index contributed by atoms with van der Waals surface area (Å²) in [6.07, 6.45) is -1.71. The summed E-state index contributed by atoms with van der Waals surface area (Å²) in [5.74, 6) is 0. The van der Waals surface area contributed by atoms with E-state index in [1.807, 2.05) is 4.90 Å². The van der Waals surface area contributed by atoms with Crippen molar-refractivity contribution in [3.63, 3.8) is 0 Å². The number of hydrogen-bond acceptors (Lipinski definition) is 4. The van der Waals surface area contributed by atoms with Gasteiger partial charge in [-0.05, 0) is 32.9 Å². The first kappa shape index (κ1) is 16.2. The molecule has 1 fully saturated rings. The van der Waals surface area contributed by atoms with Gasteiger partial charge in [0.2, 0.25) is 5.16 Å². The third kappa shape index (κ3) is 3.91. The lowest BCUT2D eigenvalue weighted by Crippen LogP contribution is -2.40. The zero-order valence-electron chi connectivity index (χ0n) is 11.4. The fraction of sp³-hybridized carbons (Fsp3) is 0.667. The van der Waals surface area contributed by atoms with Gasteiger partial charge in [0.15, 0.2) is 5.69 Å². The topological polar surface area (TPSA) is 66.1 Å². The minimum absolute atomic E-state index is 0.367. The van der Waals surface area contributed by atoms with Crippen LogP contribution in [0.5, 0.6) is 0 Å². The van der Waals surface area contributed by atoms with Crippen LogP contribution in [-0.4, -0.2) is 37.5 Å². The first-order valence-corrected chi connectivity index (χ1v) is 7.83. The lowest BCUT2D eigenvalue weighted by Gasteiger charge is -2.31. The number of nitrogens with one attached hydrogen (secondary N) is 1. The van der Waals surface area contributed by atoms with Crippen molar-refractivity contribution in [2.24, 2.45) is 0 Å². The van der Waals surface area contributed by atoms with Gasteiger partial charge in [0.25, 0.3) is 5.56 Å². The zero-order valence-corrected chi connectivity index (χ0v) is 12.3. The van der Waals surface area contributed by atoms with Crippen LogP contribution in [0.15, 0.2) is 16.0 Å². The third-order valence-electron chi connectivity index (χ3n) is 3.42. The molecule has 2 unspecified atom stereocenters. The first-order chi connectivity index (χ1) is 9.79. The molecular formula is C12H16F3N3O2S. The summed E-state index contributed by atoms with van der Waals surface area (Å²) in [5, 5.41) is -0.912. The Balaban J connectivity index is 2.26. The van der Waals surface area contributed by atoms with Crippen molar-refractivity contribution < 1.29 is 17.4 Å². The number of piperidine rings is 1. The van der Waals surface area contributed by atoms with Crippen molar-refractivity contribution in [1.29, 1.82) is 0 Å². The number of nitrogens with zero attached hydrogens (tertiary/aromatic N) is 2. The molecule has 9 heteroatoms. The lowest BCUT2D eigenvalue weighted by molar-refractivity contribution is -0.141. The molecule has 2 rings (SSSR count). The molecule has 0 saturated carbocycles. The van der Waals surface area contributed by atoms with Gasteiger partial charge in [0.05, 0.1) is 5.37 Å². The largest absolute Gasteiger partial charge is 0.433 e. The molecule has 1 aliphatic rings. The van der Waals surface area contributed by atoms with Crippen molar-refractivity contribution in [2.45, 2.75) is 42.9 Å². The van der Waals surface area contributed by atoms with E-state index in [1.54, 1.807) is 6.92 Å². The number of likely N-dealkylation sites (tertiary alicyclic amines) is 1. The Labute approximate surface area is 122 Å². The second kappa shape index (κ2) is 6.27. The second-order valence-electron chi connectivity index (χ2n) is 4.93. The molecule has 5 nitrogen and oxygen atoms in total. The van der Waals surface area contributed by atoms with Gasteiger partial charge in [-0.3, -0.25) is 14.7 Å². The van der Waals surface area contributed by atoms with Crippen LogP contribution in [-0.2, 0) is 17.0 Å². The predicted octanol–water partition coefficient (Wildman–Crippen LogP) is 1.73. The zero-order chi connectivity index (χ0) is 15.6. The molecule has 118 valence electrons. The Morgan fingerprint density at radius 1 is 1.33 bits per heavy atom. The van der Waals surface area contributed by atoms with E-state index in [0.717, 1.165) is 32.4 Å². The van der Waals surface area contributed by atoms with E-state index in [0.29, 0.717) is 6.07 Å². The highest BCUT2D eigenvalue weighted by Crippen LogP contribution is 2.27. The quantitative estimate of drug-likeness (QED) is 0.860. The molecular weight excluding hydrogens is 307 g/mol. The van der Waals surface area contributed by atoms with Crippen molar-refractivity contribution in [3.8, 4) is 0 Å². The van der Waals surface area contributed by atoms with Crippen molar-refractivity contribution in [3.05, 3.63) is 22.1 Å². The number of hydrogen-bond donors (Lipinski definition) is 1. The van der Waals surface area contributed by atoms with Gasteiger partial charge in [0.1, 0.15) is 10.8 Å². The Morgan fingerprint density at radius 3 is 2.52 bits per heavy atom. The molecule has 1 saturated heterocycles. The molecule has 0 aliphatic carbocycles. The average molecular weight is 323 g/mol. The molecule has 1 aliphatic heterocycles. The summed E-state index contributed by atoms with van der Waals surface area (Å²) in [5.41, 5.74) is -2.27. The maximum absolute atomic E-state index is 12.6. The fourth-order valence-corrected chi connectivity index (χ4v) is 3.45. The molecule has 0 aromatic carbocycles. The third-order valence-corrected chi connectivity index (χ3v) is 4.91. The monoisotopic (exact) mass is 323 g/mol. The number of rotatable bonds is 3. The minimum Gasteiger partial charge on any atom is -0.299 e. The summed E-state index contributed by atoms with van der Waals surface area (Å²) >= 11 is 0. The number of H-pyrrole nitrogens is 1. The average Bonchev–Trinajstić information content (AvgIpc) is 2.45. The molecule has 21 heavy (non-hydrogen) atoms. The van der Waals surface area contributed by atoms with Crippen LogP contribution in [0.25, 0.3) is 0 Å². The fourth-order valence-electron chi connectivity index (χ4n) is 2.25. The Kier molecular flexibility index (Phi) is 4.82. The normalized spacial score (nSPS) is 20.2. The van der Waals surface area contributed by atoms with Gasteiger partial charge in [-0.1, -0.05) is 6.42 Å². The van der Waals surface area contributed by atoms with Crippen LogP contribution in [0.3, 0.4) is 0 Å². The Morgan fingerprint density at radius 2 is 1.95 bits per heavy atom. The molecule has 2 atom stereocenters. The van der Waals surface area contributed by atoms with Crippen molar-refractivity contribution in [2.75, 3.05) is 13.1 Å². The van der Waals surface area contributed by atoms with Gasteiger partial charge >= 0.3 is 6.18 Å². The first-order valence-electron chi connectivity index (χ1n) is 6.62. The van der Waals surface area contributed by atoms with Gasteiger partial charge in [-0.15, -0.1) is 0 Å². The summed E-state index contributed by atoms with van der Waals surface area (Å²) in [6, 6.07) is 0.367. The molecule has 1 aromatic rings. The summed E-state index contributed by atoms with van der Waals surface area (Å²) in [4.78, 5) is 18.7. The summed E-state index contributed by atoms with van der Waals surface area (Å²) < 4.78 is 50.3. The van der Waals surface area contributed by atoms with E-state index in [2.05, 4.69) is 9.97 Å². The Bertz CT molecular complexity index is 582. The highest BCUT2D eigenvalue weighted by molar-refractivity contribution is 7.85. The molecule has 1 aromatic heterocycles. The molecule has 2 heterocycles. The van der Waals surface area contributed by atoms with E-state index in [1.165, 1.54) is 0 Å². The van der Waals surface area contributed by atoms with Crippen molar-refractivity contribution >= 4 is 10.8 Å². The summed E-state index contributed by atoms with van der Waals surface area (Å²) in [7, 11) is -1.82. The van der Waals surface area contributed by atoms with Gasteiger partial charge < -0.3 is 0 Å². The molecule has 1 N–H and O–H groups in total. The van der Waals surface area contributed by atoms with Crippen LogP contribution in [0.4, 0.5) is 13.2 Å². The standard InChI is InChI=1S/C12H16F3N3O2S/c1-8(18-5-3-2-4-6-18)21(20)11-16-9(12(13,14)15)7-10(19)17-11/h7-8H,2-6H2,1H3,(H,16,17,19). The van der Waals surface area contributed by atoms with Crippen LogP contribution in [0.2, 0.25) is 0 Å². The molecule has 0 radical (unpaired) electrons. The molecule has 0 bridgehead atoms. The lowest BCUT2D eigenvalue weighted by atomic mass is 10.1. The number of aromatic amines is 1. The molecule has 0 amide bonds. The van der Waals surface area contributed by atoms with Gasteiger partial charge in [0, 0.05) is 6.07 Å². The van der Waals surface area contributed by atoms with E-state index in [-0.39, 0.29) is 0 Å². The second-order valence-corrected chi connectivity index (χ2v) is 6.59. The number of aromatic nitrogens is 2. The van der Waals surface area contributed by atoms with E-state index in [4.69, 9.17) is 0 Å². The van der Waals surface area contributed by atoms with Crippen LogP contribution in [0.1, 0.15) is 31.9 Å². The number of alkyl halides is 3. The van der Waals surface area contributed by atoms with E-state index < -0.39 is 38.8 Å². The van der Waals surface area contributed by atoms with Gasteiger partial charge in [-0.25, -0.2) is 9.19 Å². The van der Waals surface area contributed by atoms with E-state index in [9.17, 15) is 22.2 Å². The maximum atomic E-state index is 12.6.